The zero-order chi connectivity index (χ0) is 5.28. The smallest absolute Gasteiger partial charge is 0.0999 e. The van der Waals surface area contributed by atoms with Crippen LogP contribution in [0.4, 0.5) is 0 Å². The van der Waals surface area contributed by atoms with Crippen LogP contribution < -0.4 is 0 Å². The molecule has 0 aromatic heterocycles. The van der Waals surface area contributed by atoms with E-state index in [9.17, 15) is 0 Å². The lowest BCUT2D eigenvalue weighted by Crippen LogP contribution is -1.79. The van der Waals surface area contributed by atoms with Gasteiger partial charge < -0.3 is 0 Å². The maximum Gasteiger partial charge on any atom is 0.111 e. The zero-order valence-corrected chi connectivity index (χ0v) is 5.07. The Balaban J connectivity index is 2.55. The third kappa shape index (κ3) is 0.902. The molecule has 0 atom stereocenters. The molecule has 1 aliphatic rings. The minimum Gasteiger partial charge on any atom is -0.0999 e. The monoisotopic (exact) mass is 106 g/mol. The van der Waals surface area contributed by atoms with E-state index in [0.29, 0.717) is 0 Å². The van der Waals surface area contributed by atoms with Crippen LogP contribution in [-0.4, -0.2) is 9.52 Å². The van der Waals surface area contributed by atoms with Crippen molar-refractivity contribution < 1.29 is 0 Å². The van der Waals surface area contributed by atoms with E-state index in [4.69, 9.17) is 0 Å². The van der Waals surface area contributed by atoms with Gasteiger partial charge >= 0.3 is 0 Å². The van der Waals surface area contributed by atoms with E-state index in [1.165, 1.54) is 5.20 Å². The molecule has 0 bridgehead atoms. The molecule has 1 rings (SSSR count). The molecule has 1 heteroatoms. The molecular formula is C6H6Si. The van der Waals surface area contributed by atoms with Crippen molar-refractivity contribution in [2.45, 2.75) is 0 Å². The van der Waals surface area contributed by atoms with Gasteiger partial charge in [-0.05, 0) is 5.57 Å². The topological polar surface area (TPSA) is 0 Å². The first-order valence-corrected chi connectivity index (χ1v) is 3.19. The second-order valence-electron chi connectivity index (χ2n) is 1.53. The molecule has 1 saturated heterocycles. The summed E-state index contributed by atoms with van der Waals surface area (Å²) in [5.41, 5.74) is 1.11. The zero-order valence-electron chi connectivity index (χ0n) is 4.07. The molecule has 0 saturated carbocycles. The Bertz CT molecular complexity index is 99.3. The van der Waals surface area contributed by atoms with E-state index in [1.54, 1.807) is 0 Å². The van der Waals surface area contributed by atoms with Crippen molar-refractivity contribution in [3.63, 3.8) is 0 Å². The van der Waals surface area contributed by atoms with Gasteiger partial charge in [0.05, 0.1) is 0 Å². The van der Waals surface area contributed by atoms with E-state index < -0.39 is 0 Å². The first kappa shape index (κ1) is 4.59. The van der Waals surface area contributed by atoms with Crippen molar-refractivity contribution in [1.82, 2.24) is 0 Å². The fourth-order valence-electron chi connectivity index (χ4n) is 0.493. The third-order valence-electron chi connectivity index (χ3n) is 0.803. The Morgan fingerprint density at radius 3 is 2.43 bits per heavy atom. The molecular weight excluding hydrogens is 100 g/mol. The van der Waals surface area contributed by atoms with Crippen molar-refractivity contribution in [3.05, 3.63) is 36.4 Å². The summed E-state index contributed by atoms with van der Waals surface area (Å²) in [5.74, 6) is 0. The summed E-state index contributed by atoms with van der Waals surface area (Å²) >= 11 is 0. The van der Waals surface area contributed by atoms with Crippen LogP contribution in [0.5, 0.6) is 0 Å². The normalized spacial score (nSPS) is 18.9. The molecule has 1 fully saturated rings. The van der Waals surface area contributed by atoms with Crippen LogP contribution in [-0.2, 0) is 0 Å². The van der Waals surface area contributed by atoms with Gasteiger partial charge in [-0.1, -0.05) is 30.8 Å². The van der Waals surface area contributed by atoms with Crippen molar-refractivity contribution in [1.29, 1.82) is 0 Å². The third-order valence-corrected chi connectivity index (χ3v) is 1.83. The molecule has 7 heavy (non-hydrogen) atoms. The Labute approximate surface area is 46.8 Å². The van der Waals surface area contributed by atoms with Gasteiger partial charge in [0.25, 0.3) is 0 Å². The summed E-state index contributed by atoms with van der Waals surface area (Å²) in [7, 11) is 0.788. The highest BCUT2D eigenvalue weighted by Crippen LogP contribution is 2.15. The van der Waals surface area contributed by atoms with Gasteiger partial charge in [0.15, 0.2) is 0 Å². The van der Waals surface area contributed by atoms with Gasteiger partial charge in [-0.3, -0.25) is 0 Å². The molecule has 0 nitrogen and oxygen atoms in total. The number of allylic oxidation sites excluding steroid dienone is 2. The molecule has 0 spiro atoms. The summed E-state index contributed by atoms with van der Waals surface area (Å²) in [6.45, 7) is 7.51. The molecule has 0 aromatic carbocycles. The number of hydrogen-bond acceptors (Lipinski definition) is 0. The Kier molecular flexibility index (Phi) is 0.986. The molecule has 0 amide bonds. The number of hydrogen-bond donors (Lipinski definition) is 0. The highest BCUT2D eigenvalue weighted by atomic mass is 28.2. The van der Waals surface area contributed by atoms with Crippen molar-refractivity contribution in [3.8, 4) is 0 Å². The van der Waals surface area contributed by atoms with Gasteiger partial charge in [-0.2, -0.15) is 0 Å². The highest BCUT2D eigenvalue weighted by Gasteiger charge is 2.07. The largest absolute Gasteiger partial charge is 0.111 e. The quantitative estimate of drug-likeness (QED) is 0.321. The first-order valence-electron chi connectivity index (χ1n) is 2.11. The van der Waals surface area contributed by atoms with Crippen LogP contribution in [0.25, 0.3) is 0 Å². The first-order chi connectivity index (χ1) is 3.29. The lowest BCUT2D eigenvalue weighted by atomic mass is 10.2. The van der Waals surface area contributed by atoms with Crippen LogP contribution in [0.3, 0.4) is 0 Å². The average molecular weight is 106 g/mol. The van der Waals surface area contributed by atoms with Crippen LogP contribution in [0, 0.1) is 12.5 Å². The SMILES string of the molecule is C=C1[CH+][Si]C(=C)[CH-]1. The predicted octanol–water partition coefficient (Wildman–Crippen LogP) is 1.14. The average Bonchev–Trinajstić information content (AvgIpc) is 1.87. The van der Waals surface area contributed by atoms with E-state index in [0.717, 1.165) is 15.1 Å². The minimum atomic E-state index is 0.788. The van der Waals surface area contributed by atoms with Gasteiger partial charge in [0.2, 0.25) is 0 Å². The fourth-order valence-corrected chi connectivity index (χ4v) is 1.22. The summed E-state index contributed by atoms with van der Waals surface area (Å²) < 4.78 is 0. The predicted molar refractivity (Wildman–Crippen MR) is 32.6 cm³/mol. The molecule has 1 heterocycles. The van der Waals surface area contributed by atoms with Crippen LogP contribution in [0.1, 0.15) is 0 Å². The molecule has 0 unspecified atom stereocenters. The Hall–Kier alpha value is -0.563. The molecule has 1 aliphatic heterocycles. The second kappa shape index (κ2) is 1.50. The molecule has 2 radical (unpaired) electrons. The highest BCUT2D eigenvalue weighted by molar-refractivity contribution is 6.53. The second-order valence-corrected chi connectivity index (χ2v) is 2.75. The van der Waals surface area contributed by atoms with Gasteiger partial charge in [-0.15, -0.1) is 0 Å². The fraction of sp³-hybridized carbons (Fsp3) is 0. The molecule has 0 aliphatic carbocycles. The summed E-state index contributed by atoms with van der Waals surface area (Å²) in [5, 5.41) is 1.20. The summed E-state index contributed by atoms with van der Waals surface area (Å²) in [6, 6.07) is 2.10. The Morgan fingerprint density at radius 2 is 2.29 bits per heavy atom. The van der Waals surface area contributed by atoms with Crippen LogP contribution in [0.2, 0.25) is 0 Å². The van der Waals surface area contributed by atoms with E-state index in [-0.39, 0.29) is 0 Å². The summed E-state index contributed by atoms with van der Waals surface area (Å²) in [6.07, 6.45) is 2.01. The summed E-state index contributed by atoms with van der Waals surface area (Å²) in [4.78, 5) is 0. The van der Waals surface area contributed by atoms with E-state index in [2.05, 4.69) is 19.2 Å². The van der Waals surface area contributed by atoms with Crippen molar-refractivity contribution in [2.24, 2.45) is 0 Å². The maximum atomic E-state index is 3.77. The molecule has 0 aromatic rings. The lowest BCUT2D eigenvalue weighted by Gasteiger charge is -1.83. The van der Waals surface area contributed by atoms with Crippen molar-refractivity contribution >= 4 is 9.52 Å². The van der Waals surface area contributed by atoms with Crippen LogP contribution >= 0.6 is 0 Å². The molecule has 34 valence electrons. The van der Waals surface area contributed by atoms with Gasteiger partial charge in [0.1, 0.15) is 9.52 Å². The minimum absolute atomic E-state index is 0.788. The maximum absolute atomic E-state index is 3.77. The number of rotatable bonds is 0. The lowest BCUT2D eigenvalue weighted by molar-refractivity contribution is 1.63. The van der Waals surface area contributed by atoms with Gasteiger partial charge in [-0.25, -0.2) is 0 Å². The van der Waals surface area contributed by atoms with E-state index in [1.807, 2.05) is 6.42 Å². The molecule has 0 N–H and O–H groups in total. The van der Waals surface area contributed by atoms with Crippen LogP contribution in [0.15, 0.2) is 23.9 Å². The standard InChI is InChI=1S/C6H6Si/c1-5-3-6(2)7-4-5/h3-4H,1-2H2. The van der Waals surface area contributed by atoms with E-state index >= 15 is 0 Å². The van der Waals surface area contributed by atoms with Crippen molar-refractivity contribution in [2.75, 3.05) is 0 Å². The van der Waals surface area contributed by atoms with Gasteiger partial charge in [0, 0.05) is 0 Å². The Morgan fingerprint density at radius 1 is 1.57 bits per heavy atom.